The largest absolute Gasteiger partial charge is 0.453 e. The standard InChI is InChI=1S/C8H14O4.C4H6N2O3.C3H2N2O2.2C2H6.CH4O/c1-5(2)8(11)6(3)12-7(10)4-9;1-9-4(8)6-2-5-3-7;4-1-7-3-5-2-6;3*1-2/h5-6,9H,4H2,1-3H3;2H2,1H3,(H,6,8);3H2;2*1-2H3;2H,1H3. The van der Waals surface area contributed by atoms with Gasteiger partial charge in [0, 0.05) is 13.0 Å². The summed E-state index contributed by atoms with van der Waals surface area (Å²) in [5.41, 5.74) is 0. The molecule has 0 radical (unpaired) electrons. The van der Waals surface area contributed by atoms with Gasteiger partial charge in [0.2, 0.25) is 18.9 Å². The lowest BCUT2D eigenvalue weighted by molar-refractivity contribution is -0.157. The maximum atomic E-state index is 11.1. The molecule has 0 bridgehead atoms. The number of Topliss-reactive ketones (excluding diaryl/α,β-unsaturated/α-hetero) is 1. The number of esters is 1. The van der Waals surface area contributed by atoms with Gasteiger partial charge in [-0.05, 0) is 6.92 Å². The number of aliphatic hydroxyl groups is 2. The van der Waals surface area contributed by atoms with Crippen molar-refractivity contribution in [3.63, 3.8) is 0 Å². The molecule has 0 fully saturated rings. The summed E-state index contributed by atoms with van der Waals surface area (Å²) in [7, 11) is 2.22. The van der Waals surface area contributed by atoms with Crippen molar-refractivity contribution < 1.29 is 48.4 Å². The van der Waals surface area contributed by atoms with Gasteiger partial charge in [0.15, 0.2) is 11.9 Å². The fourth-order valence-electron chi connectivity index (χ4n) is 1.06. The predicted molar refractivity (Wildman–Crippen MR) is 122 cm³/mol. The summed E-state index contributed by atoms with van der Waals surface area (Å²) in [4.78, 5) is 56.4. The summed E-state index contributed by atoms with van der Waals surface area (Å²) in [6.45, 7) is 12.0. The molecule has 198 valence electrons. The van der Waals surface area contributed by atoms with Gasteiger partial charge in [0.1, 0.15) is 13.3 Å². The van der Waals surface area contributed by atoms with Crippen LogP contribution in [0.1, 0.15) is 48.5 Å². The van der Waals surface area contributed by atoms with Crippen molar-refractivity contribution in [3.05, 3.63) is 0 Å². The maximum Gasteiger partial charge on any atom is 0.408 e. The maximum absolute atomic E-state index is 11.1. The number of isocyanates is 2. The summed E-state index contributed by atoms with van der Waals surface area (Å²) < 4.78 is 12.7. The van der Waals surface area contributed by atoms with Gasteiger partial charge in [-0.15, -0.1) is 0 Å². The Bertz CT molecular complexity index is 609. The smallest absolute Gasteiger partial charge is 0.408 e. The number of nitrogens with one attached hydrogen (secondary N) is 1. The van der Waals surface area contributed by atoms with Crippen LogP contribution in [0.25, 0.3) is 0 Å². The molecule has 3 N–H and O–H groups in total. The highest BCUT2D eigenvalue weighted by Crippen LogP contribution is 2.02. The molecule has 0 aromatic heterocycles. The number of carbonyl (C=O) groups excluding carboxylic acids is 5. The molecule has 0 aliphatic rings. The fraction of sp³-hybridized carbons (Fsp3) is 0.700. The number of nitrogens with zero attached hydrogens (tertiary/aromatic N) is 3. The number of hydrogen-bond acceptors (Lipinski definition) is 13. The first-order valence-corrected chi connectivity index (χ1v) is 9.90. The van der Waals surface area contributed by atoms with E-state index in [-0.39, 0.29) is 25.1 Å². The Balaban J connectivity index is -0.0000000795. The van der Waals surface area contributed by atoms with Crippen molar-refractivity contribution in [2.75, 3.05) is 34.2 Å². The summed E-state index contributed by atoms with van der Waals surface area (Å²) in [5, 5.41) is 25.1. The molecule has 34 heavy (non-hydrogen) atoms. The second-order valence-electron chi connectivity index (χ2n) is 4.54. The lowest BCUT2D eigenvalue weighted by atomic mass is 10.1. The van der Waals surface area contributed by atoms with Crippen molar-refractivity contribution in [2.24, 2.45) is 15.9 Å². The van der Waals surface area contributed by atoms with E-state index in [4.69, 9.17) is 15.5 Å². The van der Waals surface area contributed by atoms with Crippen LogP contribution in [-0.4, -0.2) is 80.5 Å². The Kier molecular flexibility index (Phi) is 56.2. The second-order valence-corrected chi connectivity index (χ2v) is 4.54. The molecule has 1 atom stereocenters. The van der Waals surface area contributed by atoms with Crippen LogP contribution < -0.4 is 5.32 Å². The Hall–Kier alpha value is -3.62. The normalized spacial score (nSPS) is 8.09. The van der Waals surface area contributed by atoms with E-state index in [0.717, 1.165) is 7.11 Å². The molecule has 1 unspecified atom stereocenters. The molecular formula is C20H38N4O10. The highest BCUT2D eigenvalue weighted by atomic mass is 16.6. The first-order valence-electron chi connectivity index (χ1n) is 9.90. The third-order valence-electron chi connectivity index (χ3n) is 2.22. The summed E-state index contributed by atoms with van der Waals surface area (Å²) in [5.74, 6) is -1.07. The topological polar surface area (TPSA) is 214 Å². The van der Waals surface area contributed by atoms with Crippen molar-refractivity contribution in [2.45, 2.75) is 54.6 Å². The van der Waals surface area contributed by atoms with Crippen LogP contribution in [-0.2, 0) is 33.4 Å². The average molecular weight is 495 g/mol. The third-order valence-corrected chi connectivity index (χ3v) is 2.22. The number of ketones is 1. The Morgan fingerprint density at radius 1 is 1.00 bits per heavy atom. The zero-order valence-electron chi connectivity index (χ0n) is 21.3. The minimum absolute atomic E-state index is 0.0871. The van der Waals surface area contributed by atoms with Gasteiger partial charge < -0.3 is 29.7 Å². The monoisotopic (exact) mass is 494 g/mol. The molecule has 1 amide bonds. The van der Waals surface area contributed by atoms with Gasteiger partial charge in [-0.3, -0.25) is 4.79 Å². The van der Waals surface area contributed by atoms with Crippen LogP contribution >= 0.6 is 0 Å². The van der Waals surface area contributed by atoms with E-state index in [9.17, 15) is 24.0 Å². The lowest BCUT2D eigenvalue weighted by Gasteiger charge is -2.12. The number of amides is 1. The highest BCUT2D eigenvalue weighted by Gasteiger charge is 2.19. The Morgan fingerprint density at radius 2 is 1.47 bits per heavy atom. The number of rotatable bonds is 8. The van der Waals surface area contributed by atoms with Gasteiger partial charge in [-0.2, -0.15) is 15.2 Å². The van der Waals surface area contributed by atoms with E-state index < -0.39 is 24.8 Å². The number of aliphatic hydroxyl groups excluding tert-OH is 2. The van der Waals surface area contributed by atoms with Crippen molar-refractivity contribution >= 4 is 30.0 Å². The Morgan fingerprint density at radius 3 is 1.79 bits per heavy atom. The van der Waals surface area contributed by atoms with E-state index in [0.29, 0.717) is 0 Å². The van der Waals surface area contributed by atoms with Crippen molar-refractivity contribution in [1.82, 2.24) is 5.32 Å². The van der Waals surface area contributed by atoms with E-state index >= 15 is 0 Å². The zero-order valence-corrected chi connectivity index (χ0v) is 21.3. The number of ether oxygens (including phenoxy) is 3. The molecule has 0 saturated heterocycles. The Labute approximate surface area is 200 Å². The number of carbonyl (C=O) groups is 3. The average Bonchev–Trinajstić information content (AvgIpc) is 2.88. The summed E-state index contributed by atoms with van der Waals surface area (Å²) in [6, 6.07) is 0. The molecule has 0 aromatic carbocycles. The van der Waals surface area contributed by atoms with E-state index in [1.165, 1.54) is 32.4 Å². The van der Waals surface area contributed by atoms with Gasteiger partial charge in [-0.25, -0.2) is 19.2 Å². The van der Waals surface area contributed by atoms with Crippen LogP contribution in [0.4, 0.5) is 4.79 Å². The molecule has 0 spiro atoms. The summed E-state index contributed by atoms with van der Waals surface area (Å²) >= 11 is 0. The molecule has 14 nitrogen and oxygen atoms in total. The van der Waals surface area contributed by atoms with E-state index in [1.54, 1.807) is 13.8 Å². The third kappa shape index (κ3) is 46.5. The van der Waals surface area contributed by atoms with Gasteiger partial charge in [-0.1, -0.05) is 41.5 Å². The molecule has 0 saturated carbocycles. The van der Waals surface area contributed by atoms with Crippen LogP contribution in [0.15, 0.2) is 9.98 Å². The zero-order chi connectivity index (χ0) is 28.4. The molecular weight excluding hydrogens is 456 g/mol. The predicted octanol–water partition coefficient (Wildman–Crippen LogP) is 1.21. The van der Waals surface area contributed by atoms with Gasteiger partial charge >= 0.3 is 12.1 Å². The van der Waals surface area contributed by atoms with E-state index in [2.05, 4.69) is 29.5 Å². The highest BCUT2D eigenvalue weighted by molar-refractivity contribution is 5.86. The molecule has 0 rings (SSSR count). The molecule has 0 heterocycles. The summed E-state index contributed by atoms with van der Waals surface area (Å²) in [6.07, 6.45) is 2.41. The van der Waals surface area contributed by atoms with Crippen molar-refractivity contribution in [3.8, 4) is 6.26 Å². The van der Waals surface area contributed by atoms with Crippen LogP contribution in [0.3, 0.4) is 0 Å². The quantitative estimate of drug-likeness (QED) is 0.143. The lowest BCUT2D eigenvalue weighted by Crippen LogP contribution is -2.28. The first kappa shape index (κ1) is 44.1. The van der Waals surface area contributed by atoms with Gasteiger partial charge in [0.05, 0.1) is 7.11 Å². The fourth-order valence-corrected chi connectivity index (χ4v) is 1.06. The minimum Gasteiger partial charge on any atom is -0.453 e. The van der Waals surface area contributed by atoms with Crippen LogP contribution in [0.5, 0.6) is 0 Å². The number of methoxy groups -OCH3 is 1. The number of alkyl carbamates (subject to hydrolysis) is 1. The van der Waals surface area contributed by atoms with Crippen LogP contribution in [0, 0.1) is 17.4 Å². The van der Waals surface area contributed by atoms with Crippen molar-refractivity contribution in [1.29, 1.82) is 5.26 Å². The first-order chi connectivity index (χ1) is 16.2. The number of aliphatic imine (C=N–C) groups is 2. The minimum atomic E-state index is -0.767. The van der Waals surface area contributed by atoms with Gasteiger partial charge in [0.25, 0.3) is 6.26 Å². The molecule has 14 heteroatoms. The number of hydrogen-bond donors (Lipinski definition) is 3. The molecule has 0 aliphatic heterocycles. The molecule has 0 aliphatic carbocycles. The van der Waals surface area contributed by atoms with Crippen LogP contribution in [0.2, 0.25) is 0 Å². The second kappa shape index (κ2) is 43.3. The number of nitriles is 1. The van der Waals surface area contributed by atoms with E-state index in [1.807, 2.05) is 27.7 Å². The molecule has 0 aromatic rings. The SMILES string of the molecule is CC.CC.CC(C)C(=O)C(C)OC(=O)CO.CO.COC(=O)NCN=C=O.N#COCN=C=O.